The highest BCUT2D eigenvalue weighted by Gasteiger charge is 2.16. The van der Waals surface area contributed by atoms with E-state index in [4.69, 9.17) is 4.74 Å². The van der Waals surface area contributed by atoms with Crippen LogP contribution in [-0.4, -0.2) is 18.4 Å². The van der Waals surface area contributed by atoms with Crippen molar-refractivity contribution < 1.29 is 14.3 Å². The fraction of sp³-hybridized carbons (Fsp3) is 0.636. The van der Waals surface area contributed by atoms with Crippen molar-refractivity contribution in [3.05, 3.63) is 35.4 Å². The molecule has 0 saturated heterocycles. The van der Waals surface area contributed by atoms with Gasteiger partial charge in [-0.2, -0.15) is 0 Å². The number of aryl methyl sites for hydroxylation is 1. The third-order valence-corrected chi connectivity index (χ3v) is 4.50. The predicted octanol–water partition coefficient (Wildman–Crippen LogP) is 5.90. The van der Waals surface area contributed by atoms with E-state index in [-0.39, 0.29) is 6.61 Å². The number of unbranched alkanes of at least 4 members (excludes halogenated alkanes) is 9. The van der Waals surface area contributed by atoms with Crippen molar-refractivity contribution in [2.45, 2.75) is 84.5 Å². The second kappa shape index (κ2) is 13.6. The molecule has 25 heavy (non-hydrogen) atoms. The van der Waals surface area contributed by atoms with Crippen LogP contribution < -0.4 is 0 Å². The Balaban J connectivity index is 2.13. The van der Waals surface area contributed by atoms with Gasteiger partial charge in [-0.15, -0.1) is 0 Å². The number of ether oxygens (including phenoxy) is 1. The molecular formula is C22H34O3. The summed E-state index contributed by atoms with van der Waals surface area (Å²) in [6.07, 6.45) is 14.4. The lowest BCUT2D eigenvalue weighted by Gasteiger charge is -2.05. The fourth-order valence-electron chi connectivity index (χ4n) is 2.95. The van der Waals surface area contributed by atoms with Crippen molar-refractivity contribution in [1.82, 2.24) is 0 Å². The highest BCUT2D eigenvalue weighted by molar-refractivity contribution is 6.40. The molecule has 0 N–H and O–H groups in total. The SMILES string of the molecule is CCCCCCCCCCCCc1ccc(C(=O)C(=O)OCC)cc1. The first-order valence-corrected chi connectivity index (χ1v) is 9.99. The summed E-state index contributed by atoms with van der Waals surface area (Å²) >= 11 is 0. The number of carbonyl (C=O) groups excluding carboxylic acids is 2. The van der Waals surface area contributed by atoms with Crippen LogP contribution in [0.5, 0.6) is 0 Å². The monoisotopic (exact) mass is 346 g/mol. The maximum absolute atomic E-state index is 11.8. The molecule has 3 heteroatoms. The summed E-state index contributed by atoms with van der Waals surface area (Å²) in [7, 11) is 0. The Bertz CT molecular complexity index is 490. The summed E-state index contributed by atoms with van der Waals surface area (Å²) in [6, 6.07) is 7.34. The number of hydrogen-bond acceptors (Lipinski definition) is 3. The van der Waals surface area contributed by atoms with Gasteiger partial charge in [-0.1, -0.05) is 89.0 Å². The van der Waals surface area contributed by atoms with Gasteiger partial charge < -0.3 is 4.74 Å². The van der Waals surface area contributed by atoms with Crippen LogP contribution in [0.2, 0.25) is 0 Å². The second-order valence-corrected chi connectivity index (χ2v) is 6.68. The minimum absolute atomic E-state index is 0.224. The zero-order chi connectivity index (χ0) is 18.3. The van der Waals surface area contributed by atoms with Gasteiger partial charge in [-0.3, -0.25) is 4.79 Å². The van der Waals surface area contributed by atoms with Crippen LogP contribution in [0.4, 0.5) is 0 Å². The molecule has 0 aliphatic rings. The van der Waals surface area contributed by atoms with Gasteiger partial charge in [0.2, 0.25) is 0 Å². The van der Waals surface area contributed by atoms with E-state index in [1.165, 1.54) is 69.8 Å². The summed E-state index contributed by atoms with van der Waals surface area (Å²) in [4.78, 5) is 23.2. The maximum atomic E-state index is 11.8. The standard InChI is InChI=1S/C22H34O3/c1-3-5-6-7-8-9-10-11-12-13-14-19-15-17-20(18-16-19)21(23)22(24)25-4-2/h15-18H,3-14H2,1-2H3. The molecule has 3 nitrogen and oxygen atoms in total. The smallest absolute Gasteiger partial charge is 0.379 e. The van der Waals surface area contributed by atoms with Gasteiger partial charge >= 0.3 is 5.97 Å². The molecule has 0 fully saturated rings. The molecule has 0 radical (unpaired) electrons. The third-order valence-electron chi connectivity index (χ3n) is 4.50. The van der Waals surface area contributed by atoms with E-state index in [0.29, 0.717) is 5.56 Å². The van der Waals surface area contributed by atoms with E-state index in [0.717, 1.165) is 6.42 Å². The molecule has 1 aromatic carbocycles. The lowest BCUT2D eigenvalue weighted by Crippen LogP contribution is -2.17. The van der Waals surface area contributed by atoms with Gasteiger partial charge in [0, 0.05) is 5.56 Å². The maximum Gasteiger partial charge on any atom is 0.379 e. The highest BCUT2D eigenvalue weighted by atomic mass is 16.5. The first kappa shape index (κ1) is 21.4. The van der Waals surface area contributed by atoms with Crippen LogP contribution >= 0.6 is 0 Å². The topological polar surface area (TPSA) is 43.4 Å². The normalized spacial score (nSPS) is 10.6. The molecule has 0 heterocycles. The number of Topliss-reactive ketones (excluding diaryl/α,β-unsaturated/α-hetero) is 1. The third kappa shape index (κ3) is 9.42. The van der Waals surface area contributed by atoms with Gasteiger partial charge in [-0.25, -0.2) is 4.79 Å². The molecular weight excluding hydrogens is 312 g/mol. The summed E-state index contributed by atoms with van der Waals surface area (Å²) in [6.45, 7) is 4.17. The van der Waals surface area contributed by atoms with E-state index in [2.05, 4.69) is 6.92 Å². The van der Waals surface area contributed by atoms with E-state index in [9.17, 15) is 9.59 Å². The minimum atomic E-state index is -0.773. The number of hydrogen-bond donors (Lipinski definition) is 0. The van der Waals surface area contributed by atoms with Crippen molar-refractivity contribution in [2.75, 3.05) is 6.61 Å². The average molecular weight is 347 g/mol. The first-order chi connectivity index (χ1) is 12.2. The number of rotatable bonds is 14. The van der Waals surface area contributed by atoms with E-state index in [1.54, 1.807) is 19.1 Å². The molecule has 0 aromatic heterocycles. The molecule has 0 bridgehead atoms. The second-order valence-electron chi connectivity index (χ2n) is 6.68. The summed E-state index contributed by atoms with van der Waals surface area (Å²) in [5.74, 6) is -1.34. The molecule has 1 aromatic rings. The minimum Gasteiger partial charge on any atom is -0.460 e. The van der Waals surface area contributed by atoms with E-state index in [1.807, 2.05) is 12.1 Å². The van der Waals surface area contributed by atoms with E-state index >= 15 is 0 Å². The van der Waals surface area contributed by atoms with Gasteiger partial charge in [0.25, 0.3) is 5.78 Å². The Morgan fingerprint density at radius 3 is 1.80 bits per heavy atom. The van der Waals surface area contributed by atoms with Crippen LogP contribution in [0.25, 0.3) is 0 Å². The zero-order valence-electron chi connectivity index (χ0n) is 16.0. The van der Waals surface area contributed by atoms with Gasteiger partial charge in [-0.05, 0) is 25.3 Å². The summed E-state index contributed by atoms with van der Waals surface area (Å²) in [5.41, 5.74) is 1.63. The number of esters is 1. The Kier molecular flexibility index (Phi) is 11.7. The lowest BCUT2D eigenvalue weighted by molar-refractivity contribution is -0.137. The molecule has 0 aliphatic heterocycles. The molecule has 140 valence electrons. The van der Waals surface area contributed by atoms with Crippen molar-refractivity contribution in [2.24, 2.45) is 0 Å². The molecule has 0 spiro atoms. The van der Waals surface area contributed by atoms with Crippen molar-refractivity contribution in [1.29, 1.82) is 0 Å². The number of carbonyl (C=O) groups is 2. The van der Waals surface area contributed by atoms with E-state index < -0.39 is 11.8 Å². The number of ketones is 1. The molecule has 0 saturated carbocycles. The van der Waals surface area contributed by atoms with Crippen LogP contribution in [0, 0.1) is 0 Å². The summed E-state index contributed by atoms with van der Waals surface area (Å²) in [5, 5.41) is 0. The van der Waals surface area contributed by atoms with Crippen molar-refractivity contribution in [3.8, 4) is 0 Å². The van der Waals surface area contributed by atoms with Crippen molar-refractivity contribution in [3.63, 3.8) is 0 Å². The molecule has 1 rings (SSSR count). The first-order valence-electron chi connectivity index (χ1n) is 9.99. The number of benzene rings is 1. The fourth-order valence-corrected chi connectivity index (χ4v) is 2.95. The van der Waals surface area contributed by atoms with Gasteiger partial charge in [0.15, 0.2) is 0 Å². The highest BCUT2D eigenvalue weighted by Crippen LogP contribution is 2.13. The Morgan fingerprint density at radius 1 is 0.760 bits per heavy atom. The quantitative estimate of drug-likeness (QED) is 0.182. The Morgan fingerprint density at radius 2 is 1.28 bits per heavy atom. The lowest BCUT2D eigenvalue weighted by atomic mass is 10.0. The Labute approximate surface area is 153 Å². The Hall–Kier alpha value is -1.64. The average Bonchev–Trinajstić information content (AvgIpc) is 2.63. The van der Waals surface area contributed by atoms with Crippen LogP contribution in [-0.2, 0) is 16.0 Å². The van der Waals surface area contributed by atoms with Crippen LogP contribution in [0.3, 0.4) is 0 Å². The molecule has 0 atom stereocenters. The molecule has 0 amide bonds. The summed E-state index contributed by atoms with van der Waals surface area (Å²) < 4.78 is 4.74. The van der Waals surface area contributed by atoms with Gasteiger partial charge in [0.05, 0.1) is 6.61 Å². The van der Waals surface area contributed by atoms with Crippen LogP contribution in [0.15, 0.2) is 24.3 Å². The zero-order valence-corrected chi connectivity index (χ0v) is 16.0. The largest absolute Gasteiger partial charge is 0.460 e. The molecule has 0 aliphatic carbocycles. The predicted molar refractivity (Wildman–Crippen MR) is 103 cm³/mol. The van der Waals surface area contributed by atoms with Gasteiger partial charge in [0.1, 0.15) is 0 Å². The molecule has 0 unspecified atom stereocenters. The van der Waals surface area contributed by atoms with Crippen LogP contribution in [0.1, 0.15) is 94.0 Å². The van der Waals surface area contributed by atoms with Crippen molar-refractivity contribution >= 4 is 11.8 Å².